The quantitative estimate of drug-likeness (QED) is 0.779. The van der Waals surface area contributed by atoms with Gasteiger partial charge in [0.2, 0.25) is 0 Å². The second kappa shape index (κ2) is 10.2. The Balaban J connectivity index is 0.00000300. The van der Waals surface area contributed by atoms with Crippen LogP contribution in [0.3, 0.4) is 0 Å². The Hall–Kier alpha value is -1.89. The maximum atomic E-state index is 12.8. The van der Waals surface area contributed by atoms with E-state index in [4.69, 9.17) is 0 Å². The van der Waals surface area contributed by atoms with Gasteiger partial charge in [-0.25, -0.2) is 0 Å². The summed E-state index contributed by atoms with van der Waals surface area (Å²) in [4.78, 5) is 28.9. The summed E-state index contributed by atoms with van der Waals surface area (Å²) in [5.74, 6) is 0.0830. The van der Waals surface area contributed by atoms with Gasteiger partial charge in [-0.2, -0.15) is 11.3 Å². The van der Waals surface area contributed by atoms with Gasteiger partial charge in [0.05, 0.1) is 0 Å². The van der Waals surface area contributed by atoms with E-state index in [2.05, 4.69) is 43.1 Å². The highest BCUT2D eigenvalue weighted by atomic mass is 35.5. The highest BCUT2D eigenvalue weighted by Crippen LogP contribution is 2.22. The number of benzene rings is 1. The number of carbonyl (C=O) groups is 2. The Labute approximate surface area is 183 Å². The predicted octanol–water partition coefficient (Wildman–Crippen LogP) is 3.66. The molecular weight excluding hydrogens is 406 g/mol. The topological polar surface area (TPSA) is 52.7 Å². The van der Waals surface area contributed by atoms with Gasteiger partial charge < -0.3 is 10.2 Å². The number of hydrogen-bond donors (Lipinski definition) is 1. The summed E-state index contributed by atoms with van der Waals surface area (Å²) in [6.07, 6.45) is 0. The van der Waals surface area contributed by atoms with Crippen molar-refractivity contribution in [1.82, 2.24) is 15.1 Å². The molecule has 1 aliphatic rings. The summed E-state index contributed by atoms with van der Waals surface area (Å²) < 4.78 is 0. The zero-order valence-corrected chi connectivity index (χ0v) is 18.9. The molecule has 0 saturated carbocycles. The van der Waals surface area contributed by atoms with Crippen molar-refractivity contribution < 1.29 is 9.59 Å². The van der Waals surface area contributed by atoms with E-state index in [1.165, 1.54) is 16.9 Å². The maximum absolute atomic E-state index is 12.8. The molecule has 158 valence electrons. The number of amides is 2. The van der Waals surface area contributed by atoms with Gasteiger partial charge in [0.25, 0.3) is 11.8 Å². The van der Waals surface area contributed by atoms with Crippen molar-refractivity contribution in [1.29, 1.82) is 0 Å². The van der Waals surface area contributed by atoms with Gasteiger partial charge in [0.1, 0.15) is 0 Å². The van der Waals surface area contributed by atoms with Crippen molar-refractivity contribution >= 4 is 35.6 Å². The fourth-order valence-electron chi connectivity index (χ4n) is 3.29. The monoisotopic (exact) mass is 435 g/mol. The molecule has 1 aromatic heterocycles. The molecule has 0 spiro atoms. The Kier molecular flexibility index (Phi) is 8.25. The summed E-state index contributed by atoms with van der Waals surface area (Å²) in [7, 11) is 0. The first-order chi connectivity index (χ1) is 13.3. The Morgan fingerprint density at radius 1 is 1.00 bits per heavy atom. The summed E-state index contributed by atoms with van der Waals surface area (Å²) in [5.41, 5.74) is 2.80. The first-order valence-corrected chi connectivity index (χ1v) is 10.7. The number of nitrogens with zero attached hydrogens (tertiary/aromatic N) is 2. The van der Waals surface area contributed by atoms with Crippen molar-refractivity contribution in [2.75, 3.05) is 39.3 Å². The molecule has 5 nitrogen and oxygen atoms in total. The van der Waals surface area contributed by atoms with E-state index in [1.54, 1.807) is 0 Å². The van der Waals surface area contributed by atoms with Crippen molar-refractivity contribution in [2.45, 2.75) is 26.2 Å². The third kappa shape index (κ3) is 6.29. The van der Waals surface area contributed by atoms with Gasteiger partial charge >= 0.3 is 0 Å². The molecule has 29 heavy (non-hydrogen) atoms. The molecule has 7 heteroatoms. The van der Waals surface area contributed by atoms with Crippen LogP contribution >= 0.6 is 23.7 Å². The standard InChI is InChI=1S/C22H29N3O2S.ClH/c1-22(2,3)19-6-4-17(5-7-19)21(27)25-13-11-24(12-14-25)10-9-23-20(26)18-8-15-28-16-18;/h4-8,15-16H,9-14H2,1-3H3,(H,23,26);1H. The van der Waals surface area contributed by atoms with Crippen LogP contribution in [0.15, 0.2) is 41.1 Å². The number of halogens is 1. The zero-order valence-electron chi connectivity index (χ0n) is 17.3. The summed E-state index contributed by atoms with van der Waals surface area (Å²) in [5, 5.41) is 6.71. The molecule has 2 aromatic rings. The van der Waals surface area contributed by atoms with Crippen LogP contribution < -0.4 is 5.32 Å². The third-order valence-corrected chi connectivity index (χ3v) is 5.84. The van der Waals surface area contributed by atoms with E-state index in [-0.39, 0.29) is 29.6 Å². The number of nitrogens with one attached hydrogen (secondary N) is 1. The van der Waals surface area contributed by atoms with Crippen LogP contribution in [0.25, 0.3) is 0 Å². The Bertz CT molecular complexity index is 792. The summed E-state index contributed by atoms with van der Waals surface area (Å²) in [6, 6.07) is 9.82. The number of carbonyl (C=O) groups excluding carboxylic acids is 2. The lowest BCUT2D eigenvalue weighted by Crippen LogP contribution is -2.50. The van der Waals surface area contributed by atoms with E-state index >= 15 is 0 Å². The lowest BCUT2D eigenvalue weighted by atomic mass is 9.86. The van der Waals surface area contributed by atoms with Crippen LogP contribution in [-0.4, -0.2) is 60.9 Å². The molecule has 1 N–H and O–H groups in total. The van der Waals surface area contributed by atoms with Crippen molar-refractivity contribution in [3.8, 4) is 0 Å². The zero-order chi connectivity index (χ0) is 20.1. The number of piperazine rings is 1. The molecule has 1 aliphatic heterocycles. The van der Waals surface area contributed by atoms with Crippen LogP contribution in [0, 0.1) is 0 Å². The minimum absolute atomic E-state index is 0. The average Bonchev–Trinajstić information content (AvgIpc) is 3.22. The van der Waals surface area contributed by atoms with E-state index in [1.807, 2.05) is 33.9 Å². The van der Waals surface area contributed by atoms with Crippen LogP contribution in [0.2, 0.25) is 0 Å². The third-order valence-electron chi connectivity index (χ3n) is 5.15. The highest BCUT2D eigenvalue weighted by molar-refractivity contribution is 7.08. The molecule has 1 aromatic carbocycles. The van der Waals surface area contributed by atoms with Gasteiger partial charge in [-0.15, -0.1) is 12.4 Å². The SMILES string of the molecule is CC(C)(C)c1ccc(C(=O)N2CCN(CCNC(=O)c3ccsc3)CC2)cc1.Cl. The maximum Gasteiger partial charge on any atom is 0.253 e. The molecule has 3 rings (SSSR count). The molecule has 0 bridgehead atoms. The first kappa shape index (κ1) is 23.4. The van der Waals surface area contributed by atoms with Crippen molar-refractivity contribution in [3.63, 3.8) is 0 Å². The van der Waals surface area contributed by atoms with E-state index in [9.17, 15) is 9.59 Å². The predicted molar refractivity (Wildman–Crippen MR) is 121 cm³/mol. The number of hydrogen-bond acceptors (Lipinski definition) is 4. The van der Waals surface area contributed by atoms with Crippen LogP contribution in [0.1, 0.15) is 47.1 Å². The molecule has 2 amide bonds. The second-order valence-corrected chi connectivity index (χ2v) is 9.01. The fraction of sp³-hybridized carbons (Fsp3) is 0.455. The lowest BCUT2D eigenvalue weighted by Gasteiger charge is -2.34. The largest absolute Gasteiger partial charge is 0.351 e. The molecule has 0 atom stereocenters. The molecule has 0 unspecified atom stereocenters. The molecule has 1 fully saturated rings. The second-order valence-electron chi connectivity index (χ2n) is 8.23. The normalized spacial score (nSPS) is 14.9. The molecule has 0 aliphatic carbocycles. The van der Waals surface area contributed by atoms with E-state index in [0.29, 0.717) is 6.54 Å². The summed E-state index contributed by atoms with van der Waals surface area (Å²) >= 11 is 1.52. The van der Waals surface area contributed by atoms with E-state index in [0.717, 1.165) is 43.9 Å². The van der Waals surface area contributed by atoms with Gasteiger partial charge in [-0.1, -0.05) is 32.9 Å². The lowest BCUT2D eigenvalue weighted by molar-refractivity contribution is 0.0638. The number of rotatable bonds is 5. The smallest absolute Gasteiger partial charge is 0.253 e. The fourth-order valence-corrected chi connectivity index (χ4v) is 3.93. The Morgan fingerprint density at radius 3 is 2.21 bits per heavy atom. The van der Waals surface area contributed by atoms with Crippen molar-refractivity contribution in [2.24, 2.45) is 0 Å². The van der Waals surface area contributed by atoms with Gasteiger partial charge in [0.15, 0.2) is 0 Å². The highest BCUT2D eigenvalue weighted by Gasteiger charge is 2.22. The molecular formula is C22H30ClN3O2S. The average molecular weight is 436 g/mol. The van der Waals surface area contributed by atoms with Crippen LogP contribution in [-0.2, 0) is 5.41 Å². The Morgan fingerprint density at radius 2 is 1.66 bits per heavy atom. The summed E-state index contributed by atoms with van der Waals surface area (Å²) in [6.45, 7) is 11.1. The van der Waals surface area contributed by atoms with Crippen LogP contribution in [0.5, 0.6) is 0 Å². The minimum atomic E-state index is -0.0197. The molecule has 0 radical (unpaired) electrons. The van der Waals surface area contributed by atoms with Crippen molar-refractivity contribution in [3.05, 3.63) is 57.8 Å². The molecule has 2 heterocycles. The number of thiophene rings is 1. The van der Waals surface area contributed by atoms with E-state index < -0.39 is 0 Å². The first-order valence-electron chi connectivity index (χ1n) is 9.77. The van der Waals surface area contributed by atoms with Gasteiger partial charge in [-0.05, 0) is 34.6 Å². The van der Waals surface area contributed by atoms with Crippen LogP contribution in [0.4, 0.5) is 0 Å². The van der Waals surface area contributed by atoms with Gasteiger partial charge in [-0.3, -0.25) is 14.5 Å². The minimum Gasteiger partial charge on any atom is -0.351 e. The van der Waals surface area contributed by atoms with Gasteiger partial charge in [0, 0.05) is 55.8 Å². The molecule has 1 saturated heterocycles.